The third-order valence-electron chi connectivity index (χ3n) is 5.04. The first-order chi connectivity index (χ1) is 16.2. The van der Waals surface area contributed by atoms with Crippen LogP contribution in [0.1, 0.15) is 18.4 Å². The number of aromatic nitrogens is 3. The quantitative estimate of drug-likeness (QED) is 0.380. The summed E-state index contributed by atoms with van der Waals surface area (Å²) in [6.45, 7) is 1.86. The Morgan fingerprint density at radius 1 is 1.03 bits per heavy atom. The lowest BCUT2D eigenvalue weighted by Gasteiger charge is -2.16. The van der Waals surface area contributed by atoms with E-state index in [1.807, 2.05) is 6.92 Å². The van der Waals surface area contributed by atoms with Crippen LogP contribution in [0.4, 0.5) is 24.8 Å². The number of rotatable bonds is 6. The molecule has 0 aliphatic heterocycles. The van der Waals surface area contributed by atoms with Crippen molar-refractivity contribution in [2.24, 2.45) is 0 Å². The molecule has 0 unspecified atom stereocenters. The second-order valence-corrected chi connectivity index (χ2v) is 7.53. The van der Waals surface area contributed by atoms with Crippen LogP contribution in [-0.4, -0.2) is 27.0 Å². The van der Waals surface area contributed by atoms with Crippen LogP contribution >= 0.6 is 0 Å². The van der Waals surface area contributed by atoms with E-state index in [0.717, 1.165) is 5.56 Å². The van der Waals surface area contributed by atoms with E-state index in [2.05, 4.69) is 20.3 Å². The Balaban J connectivity index is 1.69. The summed E-state index contributed by atoms with van der Waals surface area (Å²) in [4.78, 5) is 24.6. The minimum atomic E-state index is -4.40. The van der Waals surface area contributed by atoms with E-state index in [9.17, 15) is 18.0 Å². The van der Waals surface area contributed by atoms with E-state index in [-0.39, 0.29) is 11.8 Å². The van der Waals surface area contributed by atoms with E-state index in [1.54, 1.807) is 54.7 Å². The van der Waals surface area contributed by atoms with Crippen molar-refractivity contribution in [3.8, 4) is 22.9 Å². The SMILES string of the molecule is Cc1ccc2c(NC(=O)CCC(F)(F)F)cccc2c1Oc1ncccc1-c1ccnc(N)n1. The number of nitrogens with zero attached hydrogens (tertiary/aromatic N) is 3. The Hall–Kier alpha value is -4.21. The molecule has 2 aromatic carbocycles. The van der Waals surface area contributed by atoms with Gasteiger partial charge in [-0.15, -0.1) is 0 Å². The molecule has 0 bridgehead atoms. The number of benzene rings is 2. The Morgan fingerprint density at radius 3 is 2.62 bits per heavy atom. The topological polar surface area (TPSA) is 103 Å². The molecule has 34 heavy (non-hydrogen) atoms. The van der Waals surface area contributed by atoms with Crippen LogP contribution in [0.3, 0.4) is 0 Å². The summed E-state index contributed by atoms with van der Waals surface area (Å²) in [5.41, 5.74) is 8.04. The summed E-state index contributed by atoms with van der Waals surface area (Å²) < 4.78 is 43.6. The average molecular weight is 467 g/mol. The Labute approximate surface area is 192 Å². The molecule has 3 N–H and O–H groups in total. The fourth-order valence-electron chi connectivity index (χ4n) is 3.44. The zero-order valence-electron chi connectivity index (χ0n) is 18.1. The number of anilines is 2. The molecule has 2 aromatic heterocycles. The Morgan fingerprint density at radius 2 is 1.85 bits per heavy atom. The summed E-state index contributed by atoms with van der Waals surface area (Å²) >= 11 is 0. The van der Waals surface area contributed by atoms with Crippen molar-refractivity contribution >= 4 is 28.3 Å². The fourth-order valence-corrected chi connectivity index (χ4v) is 3.44. The number of alkyl halides is 3. The molecule has 174 valence electrons. The van der Waals surface area contributed by atoms with Gasteiger partial charge in [0, 0.05) is 35.3 Å². The highest BCUT2D eigenvalue weighted by Gasteiger charge is 2.28. The summed E-state index contributed by atoms with van der Waals surface area (Å²) in [5.74, 6) is 0.169. The number of carbonyl (C=O) groups is 1. The van der Waals surface area contributed by atoms with Crippen LogP contribution in [-0.2, 0) is 4.79 Å². The second kappa shape index (κ2) is 9.34. The lowest BCUT2D eigenvalue weighted by molar-refractivity contribution is -0.142. The number of amides is 1. The van der Waals surface area contributed by atoms with E-state index in [1.165, 1.54) is 6.20 Å². The normalized spacial score (nSPS) is 11.4. The molecular formula is C24H20F3N5O2. The van der Waals surface area contributed by atoms with Crippen molar-refractivity contribution in [3.05, 3.63) is 66.5 Å². The van der Waals surface area contributed by atoms with Gasteiger partial charge in [-0.3, -0.25) is 4.79 Å². The van der Waals surface area contributed by atoms with E-state index in [0.29, 0.717) is 33.5 Å². The molecule has 4 aromatic rings. The maximum atomic E-state index is 12.5. The highest BCUT2D eigenvalue weighted by molar-refractivity contribution is 6.04. The van der Waals surface area contributed by atoms with Crippen LogP contribution in [0.25, 0.3) is 22.0 Å². The monoisotopic (exact) mass is 467 g/mol. The van der Waals surface area contributed by atoms with Crippen molar-refractivity contribution < 1.29 is 22.7 Å². The van der Waals surface area contributed by atoms with Crippen LogP contribution in [0.5, 0.6) is 11.6 Å². The minimum Gasteiger partial charge on any atom is -0.437 e. The molecule has 2 heterocycles. The molecule has 0 fully saturated rings. The third-order valence-corrected chi connectivity index (χ3v) is 5.04. The number of carbonyl (C=O) groups excluding carboxylic acids is 1. The van der Waals surface area contributed by atoms with Gasteiger partial charge in [-0.1, -0.05) is 24.3 Å². The van der Waals surface area contributed by atoms with Gasteiger partial charge in [0.1, 0.15) is 5.75 Å². The molecule has 0 aliphatic carbocycles. The number of halogens is 3. The smallest absolute Gasteiger partial charge is 0.389 e. The molecular weight excluding hydrogens is 447 g/mol. The minimum absolute atomic E-state index is 0.111. The number of hydrogen-bond donors (Lipinski definition) is 2. The summed E-state index contributed by atoms with van der Waals surface area (Å²) in [5, 5.41) is 3.85. The number of hydrogen-bond acceptors (Lipinski definition) is 6. The molecule has 0 aliphatic rings. The second-order valence-electron chi connectivity index (χ2n) is 7.53. The maximum Gasteiger partial charge on any atom is 0.389 e. The number of ether oxygens (including phenoxy) is 1. The van der Waals surface area contributed by atoms with Gasteiger partial charge in [0.2, 0.25) is 17.7 Å². The number of nitrogens with one attached hydrogen (secondary N) is 1. The molecule has 4 rings (SSSR count). The lowest BCUT2D eigenvalue weighted by Crippen LogP contribution is -2.16. The zero-order chi connectivity index (χ0) is 24.3. The van der Waals surface area contributed by atoms with Gasteiger partial charge >= 0.3 is 6.18 Å². The first-order valence-electron chi connectivity index (χ1n) is 10.3. The van der Waals surface area contributed by atoms with Crippen molar-refractivity contribution in [1.82, 2.24) is 15.0 Å². The van der Waals surface area contributed by atoms with Gasteiger partial charge < -0.3 is 15.8 Å². The fraction of sp³-hybridized carbons (Fsp3) is 0.167. The van der Waals surface area contributed by atoms with Gasteiger partial charge in [-0.05, 0) is 36.8 Å². The Kier molecular flexibility index (Phi) is 6.31. The lowest BCUT2D eigenvalue weighted by atomic mass is 10.0. The van der Waals surface area contributed by atoms with E-state index < -0.39 is 24.9 Å². The summed E-state index contributed by atoms with van der Waals surface area (Å²) in [6.07, 6.45) is -3.13. The van der Waals surface area contributed by atoms with E-state index >= 15 is 0 Å². The number of nitrogens with two attached hydrogens (primary N) is 1. The first kappa shape index (κ1) is 23.0. The van der Waals surface area contributed by atoms with Crippen molar-refractivity contribution in [3.63, 3.8) is 0 Å². The maximum absolute atomic E-state index is 12.5. The van der Waals surface area contributed by atoms with Crippen LogP contribution < -0.4 is 15.8 Å². The predicted octanol–water partition coefficient (Wildman–Crippen LogP) is 5.66. The molecule has 0 atom stereocenters. The summed E-state index contributed by atoms with van der Waals surface area (Å²) in [6, 6.07) is 13.9. The van der Waals surface area contributed by atoms with Gasteiger partial charge in [0.25, 0.3) is 0 Å². The molecule has 10 heteroatoms. The Bertz CT molecular complexity index is 1360. The zero-order valence-corrected chi connectivity index (χ0v) is 18.1. The van der Waals surface area contributed by atoms with Gasteiger partial charge in [0.15, 0.2) is 0 Å². The predicted molar refractivity (Wildman–Crippen MR) is 122 cm³/mol. The first-order valence-corrected chi connectivity index (χ1v) is 10.3. The number of nitrogen functional groups attached to an aromatic ring is 1. The average Bonchev–Trinajstić information content (AvgIpc) is 2.79. The van der Waals surface area contributed by atoms with Crippen LogP contribution in [0.15, 0.2) is 60.9 Å². The van der Waals surface area contributed by atoms with Crippen LogP contribution in [0.2, 0.25) is 0 Å². The van der Waals surface area contributed by atoms with Gasteiger partial charge in [0.05, 0.1) is 17.7 Å². The molecule has 0 saturated carbocycles. The van der Waals surface area contributed by atoms with Crippen LogP contribution in [0, 0.1) is 6.92 Å². The van der Waals surface area contributed by atoms with E-state index in [4.69, 9.17) is 10.5 Å². The van der Waals surface area contributed by atoms with Crippen molar-refractivity contribution in [1.29, 1.82) is 0 Å². The number of aryl methyl sites for hydroxylation is 1. The number of pyridine rings is 1. The van der Waals surface area contributed by atoms with Crippen molar-refractivity contribution in [2.45, 2.75) is 25.9 Å². The number of fused-ring (bicyclic) bond motifs is 1. The molecule has 0 spiro atoms. The van der Waals surface area contributed by atoms with Crippen molar-refractivity contribution in [2.75, 3.05) is 11.1 Å². The standard InChI is InChI=1S/C24H20F3N5O2/c1-14-7-8-15-16(4-2-6-18(15)31-20(33)9-11-24(25,26)27)21(14)34-22-17(5-3-12-29-22)19-10-13-30-23(28)32-19/h2-8,10,12-13H,9,11H2,1H3,(H,31,33)(H2,28,30,32). The van der Waals surface area contributed by atoms with Gasteiger partial charge in [-0.2, -0.15) is 13.2 Å². The molecule has 0 radical (unpaired) electrons. The largest absolute Gasteiger partial charge is 0.437 e. The highest BCUT2D eigenvalue weighted by Crippen LogP contribution is 2.38. The summed E-state index contributed by atoms with van der Waals surface area (Å²) in [7, 11) is 0. The highest BCUT2D eigenvalue weighted by atomic mass is 19.4. The molecule has 1 amide bonds. The molecule has 0 saturated heterocycles. The molecule has 7 nitrogen and oxygen atoms in total. The third kappa shape index (κ3) is 5.22. The van der Waals surface area contributed by atoms with Gasteiger partial charge in [-0.25, -0.2) is 15.0 Å².